The molecule has 0 N–H and O–H groups in total. The average Bonchev–Trinajstić information content (AvgIpc) is 2.88. The zero-order valence-electron chi connectivity index (χ0n) is 9.67. The van der Waals surface area contributed by atoms with E-state index >= 15 is 0 Å². The minimum Gasteiger partial charge on any atom is -0.336 e. The van der Waals surface area contributed by atoms with Crippen LogP contribution in [0.25, 0.3) is 0 Å². The Morgan fingerprint density at radius 1 is 1.25 bits per heavy atom. The molecule has 0 spiro atoms. The molecule has 1 amide bonds. The van der Waals surface area contributed by atoms with Crippen molar-refractivity contribution in [2.75, 3.05) is 20.1 Å². The van der Waals surface area contributed by atoms with Gasteiger partial charge in [0.1, 0.15) is 0 Å². The minimum absolute atomic E-state index is 0.0923. The first-order valence-corrected chi connectivity index (χ1v) is 6.10. The molecule has 86 valence electrons. The molecule has 3 atom stereocenters. The number of carbonyl (C=O) groups is 1. The second-order valence-corrected chi connectivity index (χ2v) is 5.13. The fourth-order valence-corrected chi connectivity index (χ4v) is 3.11. The van der Waals surface area contributed by atoms with Gasteiger partial charge in [-0.3, -0.25) is 9.69 Å². The van der Waals surface area contributed by atoms with Crippen molar-refractivity contribution in [2.24, 2.45) is 5.92 Å². The molecular weight excluding hydrogens is 200 g/mol. The van der Waals surface area contributed by atoms with Crippen molar-refractivity contribution in [3.63, 3.8) is 0 Å². The predicted octanol–water partition coefficient (Wildman–Crippen LogP) is 1.03. The van der Waals surface area contributed by atoms with E-state index in [0.29, 0.717) is 18.0 Å². The van der Waals surface area contributed by atoms with Crippen molar-refractivity contribution < 1.29 is 4.79 Å². The Kier molecular flexibility index (Phi) is 2.36. The summed E-state index contributed by atoms with van der Waals surface area (Å²) in [5.74, 6) is 0.427. The summed E-state index contributed by atoms with van der Waals surface area (Å²) in [6.07, 6.45) is 10.2. The summed E-state index contributed by atoms with van der Waals surface area (Å²) in [7, 11) is 2.16. The normalized spacial score (nSPS) is 37.3. The standard InChI is InChI=1S/C13H18N2O/c1-14-8-12-7-11(14)9-15(12)13(16)10-5-3-2-4-6-10/h2-5,10-12H,6-9H2,1H3. The van der Waals surface area contributed by atoms with Crippen molar-refractivity contribution in [3.8, 4) is 0 Å². The summed E-state index contributed by atoms with van der Waals surface area (Å²) in [5.41, 5.74) is 0. The zero-order valence-corrected chi connectivity index (χ0v) is 9.67. The molecule has 16 heavy (non-hydrogen) atoms. The first kappa shape index (κ1) is 10.1. The largest absolute Gasteiger partial charge is 0.336 e. The number of likely N-dealkylation sites (N-methyl/N-ethyl adjacent to an activating group) is 1. The van der Waals surface area contributed by atoms with Crippen LogP contribution in [0.15, 0.2) is 24.3 Å². The molecule has 0 saturated carbocycles. The first-order chi connectivity index (χ1) is 7.75. The van der Waals surface area contributed by atoms with Gasteiger partial charge in [0.05, 0.1) is 5.92 Å². The number of likely N-dealkylation sites (tertiary alicyclic amines) is 2. The number of fused-ring (bicyclic) bond motifs is 2. The lowest BCUT2D eigenvalue weighted by molar-refractivity contribution is -0.136. The Bertz CT molecular complexity index is 359. The van der Waals surface area contributed by atoms with E-state index < -0.39 is 0 Å². The molecular formula is C13H18N2O. The fraction of sp³-hybridized carbons (Fsp3) is 0.615. The fourth-order valence-electron chi connectivity index (χ4n) is 3.11. The Morgan fingerprint density at radius 3 is 2.69 bits per heavy atom. The van der Waals surface area contributed by atoms with E-state index in [-0.39, 0.29) is 5.92 Å². The van der Waals surface area contributed by atoms with Crippen LogP contribution in [0, 0.1) is 5.92 Å². The summed E-state index contributed by atoms with van der Waals surface area (Å²) in [6.45, 7) is 2.00. The van der Waals surface area contributed by atoms with Gasteiger partial charge in [-0.25, -0.2) is 0 Å². The van der Waals surface area contributed by atoms with Gasteiger partial charge in [0, 0.05) is 25.2 Å². The number of hydrogen-bond acceptors (Lipinski definition) is 2. The van der Waals surface area contributed by atoms with Crippen molar-refractivity contribution in [1.82, 2.24) is 9.80 Å². The summed E-state index contributed by atoms with van der Waals surface area (Å²) >= 11 is 0. The van der Waals surface area contributed by atoms with Crippen molar-refractivity contribution in [1.29, 1.82) is 0 Å². The van der Waals surface area contributed by atoms with Crippen LogP contribution in [0.3, 0.4) is 0 Å². The molecule has 0 radical (unpaired) electrons. The molecule has 0 aromatic carbocycles. The van der Waals surface area contributed by atoms with Gasteiger partial charge < -0.3 is 4.90 Å². The second-order valence-electron chi connectivity index (χ2n) is 5.13. The number of piperazine rings is 1. The highest BCUT2D eigenvalue weighted by Gasteiger charge is 2.44. The lowest BCUT2D eigenvalue weighted by atomic mass is 9.99. The van der Waals surface area contributed by atoms with Crippen LogP contribution in [-0.4, -0.2) is 47.9 Å². The third-order valence-electron chi connectivity index (χ3n) is 4.10. The quantitative estimate of drug-likeness (QED) is 0.656. The third kappa shape index (κ3) is 1.50. The Balaban J connectivity index is 1.69. The third-order valence-corrected chi connectivity index (χ3v) is 4.10. The number of allylic oxidation sites excluding steroid dienone is 3. The van der Waals surface area contributed by atoms with Crippen LogP contribution in [0.1, 0.15) is 12.8 Å². The Labute approximate surface area is 96.4 Å². The van der Waals surface area contributed by atoms with E-state index in [4.69, 9.17) is 0 Å². The highest BCUT2D eigenvalue weighted by atomic mass is 16.2. The minimum atomic E-state index is 0.0923. The molecule has 0 aromatic heterocycles. The zero-order chi connectivity index (χ0) is 11.1. The smallest absolute Gasteiger partial charge is 0.230 e. The molecule has 3 rings (SSSR count). The van der Waals surface area contributed by atoms with E-state index in [0.717, 1.165) is 19.5 Å². The molecule has 2 fully saturated rings. The molecule has 3 heteroatoms. The van der Waals surface area contributed by atoms with Gasteiger partial charge in [-0.1, -0.05) is 24.3 Å². The van der Waals surface area contributed by atoms with E-state index in [1.807, 2.05) is 18.2 Å². The average molecular weight is 218 g/mol. The molecule has 2 heterocycles. The van der Waals surface area contributed by atoms with E-state index in [9.17, 15) is 4.79 Å². The van der Waals surface area contributed by atoms with Gasteiger partial charge in [0.15, 0.2) is 0 Å². The maximum atomic E-state index is 12.3. The second kappa shape index (κ2) is 3.74. The predicted molar refractivity (Wildman–Crippen MR) is 62.9 cm³/mol. The number of carbonyl (C=O) groups excluding carboxylic acids is 1. The van der Waals surface area contributed by atoms with Crippen LogP contribution in [-0.2, 0) is 4.79 Å². The molecule has 2 saturated heterocycles. The van der Waals surface area contributed by atoms with Crippen molar-refractivity contribution in [2.45, 2.75) is 24.9 Å². The topological polar surface area (TPSA) is 23.6 Å². The molecule has 3 nitrogen and oxygen atoms in total. The van der Waals surface area contributed by atoms with E-state index in [2.05, 4.69) is 22.9 Å². The molecule has 3 unspecified atom stereocenters. The first-order valence-electron chi connectivity index (χ1n) is 6.10. The van der Waals surface area contributed by atoms with E-state index in [1.165, 1.54) is 6.42 Å². The monoisotopic (exact) mass is 218 g/mol. The van der Waals surface area contributed by atoms with Gasteiger partial charge in [0.2, 0.25) is 5.91 Å². The molecule has 3 aliphatic rings. The van der Waals surface area contributed by atoms with Gasteiger partial charge in [-0.2, -0.15) is 0 Å². The number of rotatable bonds is 1. The highest BCUT2D eigenvalue weighted by molar-refractivity contribution is 5.82. The van der Waals surface area contributed by atoms with Crippen LogP contribution < -0.4 is 0 Å². The highest BCUT2D eigenvalue weighted by Crippen LogP contribution is 2.31. The summed E-state index contributed by atoms with van der Waals surface area (Å²) in [4.78, 5) is 16.8. The Hall–Kier alpha value is -1.09. The summed E-state index contributed by atoms with van der Waals surface area (Å²) in [6, 6.07) is 1.08. The molecule has 2 aliphatic heterocycles. The van der Waals surface area contributed by atoms with Gasteiger partial charge in [-0.15, -0.1) is 0 Å². The van der Waals surface area contributed by atoms with Crippen LogP contribution in [0.4, 0.5) is 0 Å². The Morgan fingerprint density at radius 2 is 2.12 bits per heavy atom. The van der Waals surface area contributed by atoms with Gasteiger partial charge in [0.25, 0.3) is 0 Å². The number of nitrogens with zero attached hydrogens (tertiary/aromatic N) is 2. The van der Waals surface area contributed by atoms with Crippen LogP contribution >= 0.6 is 0 Å². The van der Waals surface area contributed by atoms with Gasteiger partial charge in [-0.05, 0) is 19.9 Å². The lowest BCUT2D eigenvalue weighted by Gasteiger charge is -2.33. The van der Waals surface area contributed by atoms with Crippen LogP contribution in [0.5, 0.6) is 0 Å². The lowest BCUT2D eigenvalue weighted by Crippen LogP contribution is -2.49. The SMILES string of the molecule is CN1CC2CC1CN2C(=O)C1C=CC=CC1. The van der Waals surface area contributed by atoms with Crippen molar-refractivity contribution in [3.05, 3.63) is 24.3 Å². The van der Waals surface area contributed by atoms with E-state index in [1.54, 1.807) is 0 Å². The van der Waals surface area contributed by atoms with Crippen molar-refractivity contribution >= 4 is 5.91 Å². The maximum Gasteiger partial charge on any atom is 0.230 e. The van der Waals surface area contributed by atoms with Crippen LogP contribution in [0.2, 0.25) is 0 Å². The molecule has 2 bridgehead atoms. The molecule has 0 aromatic rings. The maximum absolute atomic E-state index is 12.3. The number of amides is 1. The molecule has 1 aliphatic carbocycles. The number of hydrogen-bond donors (Lipinski definition) is 0. The summed E-state index contributed by atoms with van der Waals surface area (Å²) < 4.78 is 0. The van der Waals surface area contributed by atoms with Gasteiger partial charge >= 0.3 is 0 Å². The summed E-state index contributed by atoms with van der Waals surface area (Å²) in [5, 5.41) is 0.